The number of hydrogen-bond donors (Lipinski definition) is 3. The van der Waals surface area contributed by atoms with Gasteiger partial charge >= 0.3 is 0 Å². The van der Waals surface area contributed by atoms with Gasteiger partial charge in [-0.25, -0.2) is 0 Å². The maximum atomic E-state index is 11.4. The second kappa shape index (κ2) is 5.70. The van der Waals surface area contributed by atoms with Gasteiger partial charge in [-0.2, -0.15) is 0 Å². The molecule has 1 heterocycles. The van der Waals surface area contributed by atoms with Crippen molar-refractivity contribution in [3.05, 3.63) is 0 Å². The highest BCUT2D eigenvalue weighted by Gasteiger charge is 2.22. The number of nitrogens with one attached hydrogen (secondary N) is 3. The number of carbonyl (C=O) groups excluding carboxylic acids is 2. The number of carbonyl (C=O) groups is 2. The first-order valence-electron chi connectivity index (χ1n) is 5.41. The Morgan fingerprint density at radius 2 is 2.13 bits per heavy atom. The smallest absolute Gasteiger partial charge is 0.242 e. The monoisotopic (exact) mass is 213 g/mol. The molecule has 1 saturated heterocycles. The van der Waals surface area contributed by atoms with E-state index in [1.165, 1.54) is 0 Å². The first-order chi connectivity index (χ1) is 7.13. The van der Waals surface area contributed by atoms with E-state index < -0.39 is 6.04 Å². The molecule has 0 aromatic carbocycles. The van der Waals surface area contributed by atoms with Crippen LogP contribution in [0, 0.1) is 5.92 Å². The molecule has 1 unspecified atom stereocenters. The summed E-state index contributed by atoms with van der Waals surface area (Å²) in [5.74, 6) is 0.268. The van der Waals surface area contributed by atoms with Crippen LogP contribution >= 0.6 is 0 Å². The second-order valence-corrected chi connectivity index (χ2v) is 3.91. The van der Waals surface area contributed by atoms with Crippen molar-refractivity contribution in [1.29, 1.82) is 0 Å². The number of amides is 2. The Labute approximate surface area is 90.0 Å². The van der Waals surface area contributed by atoms with E-state index in [1.807, 2.05) is 6.92 Å². The Morgan fingerprint density at radius 1 is 1.47 bits per heavy atom. The van der Waals surface area contributed by atoms with Gasteiger partial charge in [0.1, 0.15) is 6.04 Å². The number of hydrogen-bond acceptors (Lipinski definition) is 3. The fourth-order valence-corrected chi connectivity index (χ4v) is 1.45. The molecule has 0 aliphatic carbocycles. The van der Waals surface area contributed by atoms with Crippen molar-refractivity contribution >= 4 is 11.8 Å². The molecule has 1 atom stereocenters. The van der Waals surface area contributed by atoms with Gasteiger partial charge in [-0.3, -0.25) is 9.59 Å². The van der Waals surface area contributed by atoms with E-state index >= 15 is 0 Å². The third kappa shape index (κ3) is 3.87. The summed E-state index contributed by atoms with van der Waals surface area (Å²) in [6.45, 7) is 5.95. The van der Waals surface area contributed by atoms with Crippen molar-refractivity contribution in [2.45, 2.75) is 26.3 Å². The van der Waals surface area contributed by atoms with E-state index in [1.54, 1.807) is 6.92 Å². The van der Waals surface area contributed by atoms with Gasteiger partial charge in [-0.05, 0) is 32.9 Å². The molecule has 0 aromatic rings. The molecule has 1 rings (SSSR count). The summed E-state index contributed by atoms with van der Waals surface area (Å²) in [6, 6.07) is -0.439. The van der Waals surface area contributed by atoms with Crippen LogP contribution in [-0.4, -0.2) is 37.5 Å². The zero-order valence-corrected chi connectivity index (χ0v) is 9.30. The van der Waals surface area contributed by atoms with Gasteiger partial charge in [0.15, 0.2) is 0 Å². The average molecular weight is 213 g/mol. The summed E-state index contributed by atoms with van der Waals surface area (Å²) in [5.41, 5.74) is 0. The van der Waals surface area contributed by atoms with Crippen molar-refractivity contribution in [2.24, 2.45) is 5.92 Å². The maximum absolute atomic E-state index is 11.4. The molecule has 0 bridgehead atoms. The largest absolute Gasteiger partial charge is 0.355 e. The molecule has 0 spiro atoms. The van der Waals surface area contributed by atoms with E-state index in [0.717, 1.165) is 13.1 Å². The molecule has 2 amide bonds. The van der Waals surface area contributed by atoms with Gasteiger partial charge in [0.2, 0.25) is 11.8 Å². The van der Waals surface area contributed by atoms with Crippen LogP contribution in [0.4, 0.5) is 0 Å². The Kier molecular flexibility index (Phi) is 4.55. The second-order valence-electron chi connectivity index (χ2n) is 3.91. The summed E-state index contributed by atoms with van der Waals surface area (Å²) in [5, 5.41) is 8.45. The van der Waals surface area contributed by atoms with Crippen molar-refractivity contribution in [3.8, 4) is 0 Å². The van der Waals surface area contributed by atoms with Crippen LogP contribution in [0.15, 0.2) is 0 Å². The summed E-state index contributed by atoms with van der Waals surface area (Å²) in [7, 11) is 0. The van der Waals surface area contributed by atoms with Crippen LogP contribution in [0.5, 0.6) is 0 Å². The molecule has 0 radical (unpaired) electrons. The predicted molar refractivity (Wildman–Crippen MR) is 57.3 cm³/mol. The highest BCUT2D eigenvalue weighted by molar-refractivity contribution is 5.87. The summed E-state index contributed by atoms with van der Waals surface area (Å²) in [6.07, 6.45) is 0.511. The number of rotatable bonds is 5. The highest BCUT2D eigenvalue weighted by Crippen LogP contribution is 2.07. The van der Waals surface area contributed by atoms with Gasteiger partial charge in [-0.1, -0.05) is 0 Å². The number of likely N-dealkylation sites (N-methyl/N-ethyl adjacent to an activating group) is 1. The Morgan fingerprint density at radius 3 is 2.60 bits per heavy atom. The van der Waals surface area contributed by atoms with Crippen molar-refractivity contribution in [2.75, 3.05) is 19.6 Å². The van der Waals surface area contributed by atoms with E-state index in [4.69, 9.17) is 0 Å². The average Bonchev–Trinajstić information content (AvgIpc) is 2.12. The van der Waals surface area contributed by atoms with Gasteiger partial charge in [0, 0.05) is 13.0 Å². The molecule has 5 heteroatoms. The molecule has 15 heavy (non-hydrogen) atoms. The standard InChI is InChI=1S/C10H19N3O2/c1-3-12-10(15)7(2)13-9(14)4-8-5-11-6-8/h7-8,11H,3-6H2,1-2H3,(H,12,15)(H,13,14). The molecule has 1 aliphatic heterocycles. The normalized spacial score (nSPS) is 17.7. The summed E-state index contributed by atoms with van der Waals surface area (Å²) < 4.78 is 0. The van der Waals surface area contributed by atoms with Crippen molar-refractivity contribution in [1.82, 2.24) is 16.0 Å². The van der Waals surface area contributed by atoms with Gasteiger partial charge < -0.3 is 16.0 Å². The minimum absolute atomic E-state index is 0.0414. The van der Waals surface area contributed by atoms with E-state index in [2.05, 4.69) is 16.0 Å². The fraction of sp³-hybridized carbons (Fsp3) is 0.800. The van der Waals surface area contributed by atoms with Gasteiger partial charge in [0.25, 0.3) is 0 Å². The molecule has 3 N–H and O–H groups in total. The summed E-state index contributed by atoms with van der Waals surface area (Å²) in [4.78, 5) is 22.8. The lowest BCUT2D eigenvalue weighted by atomic mass is 9.99. The van der Waals surface area contributed by atoms with Crippen LogP contribution in [0.1, 0.15) is 20.3 Å². The summed E-state index contributed by atoms with van der Waals surface area (Å²) >= 11 is 0. The minimum atomic E-state index is -0.439. The lowest BCUT2D eigenvalue weighted by Crippen LogP contribution is -2.48. The maximum Gasteiger partial charge on any atom is 0.242 e. The van der Waals surface area contributed by atoms with E-state index in [0.29, 0.717) is 18.9 Å². The molecular formula is C10H19N3O2. The molecule has 5 nitrogen and oxygen atoms in total. The predicted octanol–water partition coefficient (Wildman–Crippen LogP) is -0.763. The first-order valence-corrected chi connectivity index (χ1v) is 5.41. The SMILES string of the molecule is CCNC(=O)C(C)NC(=O)CC1CNC1. The third-order valence-electron chi connectivity index (χ3n) is 2.46. The fourth-order valence-electron chi connectivity index (χ4n) is 1.45. The van der Waals surface area contributed by atoms with Crippen molar-refractivity contribution < 1.29 is 9.59 Å². The van der Waals surface area contributed by atoms with Gasteiger partial charge in [-0.15, -0.1) is 0 Å². The highest BCUT2D eigenvalue weighted by atomic mass is 16.2. The van der Waals surface area contributed by atoms with Crippen molar-refractivity contribution in [3.63, 3.8) is 0 Å². The van der Waals surface area contributed by atoms with Crippen LogP contribution in [0.2, 0.25) is 0 Å². The molecule has 1 fully saturated rings. The lowest BCUT2D eigenvalue weighted by molar-refractivity contribution is -0.129. The van der Waals surface area contributed by atoms with Crippen LogP contribution in [0.25, 0.3) is 0 Å². The Balaban J connectivity index is 2.20. The van der Waals surface area contributed by atoms with Crippen LogP contribution in [0.3, 0.4) is 0 Å². The zero-order chi connectivity index (χ0) is 11.3. The van der Waals surface area contributed by atoms with Gasteiger partial charge in [0.05, 0.1) is 0 Å². The first kappa shape index (κ1) is 12.0. The molecule has 0 aromatic heterocycles. The Hall–Kier alpha value is -1.10. The third-order valence-corrected chi connectivity index (χ3v) is 2.46. The molecule has 86 valence electrons. The Bertz CT molecular complexity index is 239. The molecule has 1 aliphatic rings. The van der Waals surface area contributed by atoms with E-state index in [-0.39, 0.29) is 11.8 Å². The molecular weight excluding hydrogens is 194 g/mol. The van der Waals surface area contributed by atoms with Crippen LogP contribution in [-0.2, 0) is 9.59 Å². The van der Waals surface area contributed by atoms with Crippen LogP contribution < -0.4 is 16.0 Å². The minimum Gasteiger partial charge on any atom is -0.355 e. The lowest BCUT2D eigenvalue weighted by Gasteiger charge is -2.26. The quantitative estimate of drug-likeness (QED) is 0.562. The molecule has 0 saturated carbocycles. The van der Waals surface area contributed by atoms with E-state index in [9.17, 15) is 9.59 Å². The topological polar surface area (TPSA) is 70.2 Å². The zero-order valence-electron chi connectivity index (χ0n) is 9.30.